The maximum atomic E-state index is 9.08. The zero-order chi connectivity index (χ0) is 28.5. The van der Waals surface area contributed by atoms with Crippen molar-refractivity contribution in [3.63, 3.8) is 0 Å². The van der Waals surface area contributed by atoms with Gasteiger partial charge in [-0.1, -0.05) is 49.7 Å². The molecule has 0 spiro atoms. The number of benzene rings is 2. The normalized spacial score (nSPS) is 9.90. The van der Waals surface area contributed by atoms with Crippen LogP contribution in [0.3, 0.4) is 0 Å². The molecule has 2 aromatic carbocycles. The van der Waals surface area contributed by atoms with Gasteiger partial charge in [-0.05, 0) is 60.9 Å². The largest absolute Gasteiger partial charge is 1.00 e. The molecule has 0 fully saturated rings. The van der Waals surface area contributed by atoms with E-state index in [4.69, 9.17) is 24.0 Å². The molecule has 0 aliphatic carbocycles. The fraction of sp³-hybridized carbons (Fsp3) is 0.393. The second-order valence-corrected chi connectivity index (χ2v) is 9.36. The monoisotopic (exact) mass is 642 g/mol. The number of aromatic nitrogens is 2. The van der Waals surface area contributed by atoms with Crippen LogP contribution < -0.4 is 24.3 Å². The van der Waals surface area contributed by atoms with Gasteiger partial charge in [0.25, 0.3) is 0 Å². The first-order valence-electron chi connectivity index (χ1n) is 13.0. The number of fused-ring (bicyclic) bond motifs is 2. The molecule has 2 N–H and O–H groups in total. The van der Waals surface area contributed by atoms with Gasteiger partial charge in [0.15, 0.2) is 0 Å². The zero-order valence-electron chi connectivity index (χ0n) is 24.6. The van der Waals surface area contributed by atoms with Crippen molar-refractivity contribution >= 4 is 64.3 Å². The first-order valence-corrected chi connectivity index (χ1v) is 14.1. The summed E-state index contributed by atoms with van der Waals surface area (Å²) >= 11 is 2.36. The third-order valence-corrected chi connectivity index (χ3v) is 6.18. The second kappa shape index (κ2) is 21.5. The number of halogens is 1. The molecular weight excluding hydrogens is 600 g/mol. The van der Waals surface area contributed by atoms with Crippen molar-refractivity contribution in [2.45, 2.75) is 40.5 Å². The van der Waals surface area contributed by atoms with Crippen molar-refractivity contribution in [2.75, 3.05) is 19.8 Å². The number of rotatable bonds is 8. The maximum Gasteiger partial charge on any atom is 1.00 e. The number of unbranched alkanes of at least 4 members (excludes halogenated alkanes) is 1. The van der Waals surface area contributed by atoms with Gasteiger partial charge in [0.2, 0.25) is 0 Å². The molecule has 4 rings (SSSR count). The Kier molecular flexibility index (Phi) is 20.8. The summed E-state index contributed by atoms with van der Waals surface area (Å²) in [5.74, 6) is 0. The van der Waals surface area contributed by atoms with Gasteiger partial charge in [-0.25, -0.2) is 0 Å². The molecular formula is C28H42B2ILiN2O5. The SMILES string of the molecule is CCOB(OCC)OCC.Cn1cc(B(O)O)c2ccccc21.Cn1cc(I)c2ccccc21.[CH2-]CCC.[Li+]. The zero-order valence-corrected chi connectivity index (χ0v) is 26.7. The maximum absolute atomic E-state index is 9.08. The van der Waals surface area contributed by atoms with Crippen molar-refractivity contribution in [2.24, 2.45) is 14.1 Å². The molecule has 0 saturated heterocycles. The van der Waals surface area contributed by atoms with Crippen LogP contribution in [0, 0.1) is 10.5 Å². The Hall–Kier alpha value is -1.22. The number of nitrogens with zero attached hydrogens (tertiary/aromatic N) is 2. The first kappa shape index (κ1) is 37.8. The Balaban J connectivity index is 0.000000518. The average Bonchev–Trinajstić information content (AvgIpc) is 3.41. The summed E-state index contributed by atoms with van der Waals surface area (Å²) < 4.78 is 20.6. The van der Waals surface area contributed by atoms with E-state index < -0.39 is 14.4 Å². The molecule has 208 valence electrons. The van der Waals surface area contributed by atoms with Crippen LogP contribution in [-0.2, 0) is 28.1 Å². The van der Waals surface area contributed by atoms with Gasteiger partial charge in [0, 0.05) is 71.8 Å². The molecule has 0 radical (unpaired) electrons. The predicted octanol–water partition coefficient (Wildman–Crippen LogP) is 2.35. The average molecular weight is 642 g/mol. The van der Waals surface area contributed by atoms with E-state index in [0.717, 1.165) is 17.3 Å². The van der Waals surface area contributed by atoms with E-state index in [-0.39, 0.29) is 18.9 Å². The van der Waals surface area contributed by atoms with E-state index in [0.29, 0.717) is 25.3 Å². The summed E-state index contributed by atoms with van der Waals surface area (Å²) in [5.41, 5.74) is 2.86. The van der Waals surface area contributed by atoms with Crippen LogP contribution in [0.1, 0.15) is 40.5 Å². The molecule has 0 saturated carbocycles. The molecule has 7 nitrogen and oxygen atoms in total. The molecule has 0 aliphatic heterocycles. The van der Waals surface area contributed by atoms with E-state index in [1.165, 1.54) is 20.9 Å². The van der Waals surface area contributed by atoms with E-state index in [2.05, 4.69) is 78.5 Å². The topological polar surface area (TPSA) is 78.0 Å². The van der Waals surface area contributed by atoms with Crippen LogP contribution >= 0.6 is 22.6 Å². The smallest absolute Gasteiger partial charge is 0.423 e. The van der Waals surface area contributed by atoms with Gasteiger partial charge in [-0.15, -0.1) is 0 Å². The van der Waals surface area contributed by atoms with Gasteiger partial charge < -0.3 is 40.1 Å². The van der Waals surface area contributed by atoms with E-state index in [9.17, 15) is 0 Å². The fourth-order valence-electron chi connectivity index (χ4n) is 3.42. The Morgan fingerprint density at radius 2 is 1.18 bits per heavy atom. The van der Waals surface area contributed by atoms with Crippen molar-refractivity contribution < 1.29 is 42.9 Å². The number of hydrogen-bond donors (Lipinski definition) is 2. The molecule has 39 heavy (non-hydrogen) atoms. The van der Waals surface area contributed by atoms with Crippen LogP contribution in [0.2, 0.25) is 0 Å². The molecule has 0 unspecified atom stereocenters. The minimum absolute atomic E-state index is 0. The van der Waals surface area contributed by atoms with E-state index >= 15 is 0 Å². The van der Waals surface area contributed by atoms with Gasteiger partial charge in [0.05, 0.1) is 0 Å². The van der Waals surface area contributed by atoms with Gasteiger partial charge in [0.1, 0.15) is 0 Å². The number of aryl methyl sites for hydroxylation is 2. The molecule has 2 heterocycles. The Morgan fingerprint density at radius 1 is 0.769 bits per heavy atom. The molecule has 0 bridgehead atoms. The molecule has 11 heteroatoms. The van der Waals surface area contributed by atoms with E-state index in [1.807, 2.05) is 56.7 Å². The molecule has 0 atom stereocenters. The van der Waals surface area contributed by atoms with Crippen LogP contribution in [0.15, 0.2) is 60.9 Å². The molecule has 4 aromatic rings. The Morgan fingerprint density at radius 3 is 1.59 bits per heavy atom. The van der Waals surface area contributed by atoms with Gasteiger partial charge in [-0.3, -0.25) is 0 Å². The summed E-state index contributed by atoms with van der Waals surface area (Å²) in [6.45, 7) is 13.3. The van der Waals surface area contributed by atoms with E-state index in [1.54, 1.807) is 6.20 Å². The van der Waals surface area contributed by atoms with Crippen LogP contribution in [-0.4, -0.2) is 53.4 Å². The predicted molar refractivity (Wildman–Crippen MR) is 169 cm³/mol. The minimum atomic E-state index is -1.40. The summed E-state index contributed by atoms with van der Waals surface area (Å²) in [7, 11) is 2.09. The Labute approximate surface area is 260 Å². The number of hydrogen-bond acceptors (Lipinski definition) is 5. The molecule has 0 amide bonds. The van der Waals surface area contributed by atoms with Crippen molar-refractivity contribution in [1.82, 2.24) is 9.13 Å². The Bertz CT molecular complexity index is 1140. The summed E-state index contributed by atoms with van der Waals surface area (Å²) in [6.07, 6.45) is 6.15. The van der Waals surface area contributed by atoms with Crippen molar-refractivity contribution in [1.29, 1.82) is 0 Å². The standard InChI is InChI=1S/C9H10BNO2.C9H8IN.C6H15BO3.C4H9.Li/c1-11-6-8(10(12)13)7-4-2-3-5-9(7)11;1-11-6-8(10)7-4-2-3-5-9(7)11;1-4-8-7(9-5-2)10-6-3;1-3-4-2;/h2-6,12-13H,1H3;2-6H,1H3;4-6H2,1-3H3;1,3-4H2,2H3;/q;;;-1;+1. The fourth-order valence-corrected chi connectivity index (χ4v) is 4.30. The third-order valence-electron chi connectivity index (χ3n) is 5.32. The van der Waals surface area contributed by atoms with Gasteiger partial charge >= 0.3 is 33.3 Å². The number of para-hydroxylation sites is 2. The second-order valence-electron chi connectivity index (χ2n) is 8.20. The summed E-state index contributed by atoms with van der Waals surface area (Å²) in [6, 6.07) is 16.1. The van der Waals surface area contributed by atoms with Gasteiger partial charge in [-0.2, -0.15) is 6.42 Å². The van der Waals surface area contributed by atoms with Crippen molar-refractivity contribution in [3.8, 4) is 0 Å². The van der Waals surface area contributed by atoms with Crippen LogP contribution in [0.4, 0.5) is 0 Å². The minimum Gasteiger partial charge on any atom is -0.423 e. The summed E-state index contributed by atoms with van der Waals surface area (Å²) in [4.78, 5) is 0. The molecule has 2 aromatic heterocycles. The van der Waals surface area contributed by atoms with Crippen molar-refractivity contribution in [3.05, 3.63) is 71.4 Å². The molecule has 0 aliphatic rings. The quantitative estimate of drug-likeness (QED) is 0.176. The third kappa shape index (κ3) is 12.9. The van der Waals surface area contributed by atoms with Crippen LogP contribution in [0.25, 0.3) is 21.8 Å². The summed E-state index contributed by atoms with van der Waals surface area (Å²) in [5, 5.41) is 20.4. The van der Waals surface area contributed by atoms with Crippen LogP contribution in [0.5, 0.6) is 0 Å². The first-order chi connectivity index (χ1) is 18.2.